The lowest BCUT2D eigenvalue weighted by Crippen LogP contribution is -1.55. The minimum absolute atomic E-state index is 0.794. The van der Waals surface area contributed by atoms with Crippen LogP contribution in [0.15, 0.2) is 54.6 Å². The third kappa shape index (κ3) is 3.89. The van der Waals surface area contributed by atoms with Crippen LogP contribution >= 0.6 is 46.5 Å². The SMILES string of the molecule is Clc1ccccc1.S=c1sc2ccccc2s1. The first-order valence-corrected chi connectivity index (χ1v) is 7.37. The highest BCUT2D eigenvalue weighted by Gasteiger charge is 1.93. The van der Waals surface area contributed by atoms with Gasteiger partial charge >= 0.3 is 0 Å². The van der Waals surface area contributed by atoms with Crippen molar-refractivity contribution in [3.8, 4) is 0 Å². The maximum Gasteiger partial charge on any atom is 0.144 e. The minimum Gasteiger partial charge on any atom is -0.113 e. The van der Waals surface area contributed by atoms with Gasteiger partial charge in [-0.05, 0) is 24.3 Å². The summed E-state index contributed by atoms with van der Waals surface area (Å²) in [6, 6.07) is 17.7. The first-order chi connectivity index (χ1) is 8.25. The Labute approximate surface area is 118 Å². The smallest absolute Gasteiger partial charge is 0.113 e. The molecule has 0 spiro atoms. The Morgan fingerprint density at radius 3 is 1.65 bits per heavy atom. The number of benzene rings is 2. The molecule has 0 aliphatic carbocycles. The fourth-order valence-electron chi connectivity index (χ4n) is 1.23. The fraction of sp³-hybridized carbons (Fsp3) is 0. The highest BCUT2D eigenvalue weighted by Crippen LogP contribution is 2.26. The van der Waals surface area contributed by atoms with Crippen LogP contribution in [0, 0.1) is 3.14 Å². The molecule has 0 atom stereocenters. The van der Waals surface area contributed by atoms with Gasteiger partial charge in [-0.3, -0.25) is 0 Å². The van der Waals surface area contributed by atoms with Crippen molar-refractivity contribution in [1.82, 2.24) is 0 Å². The Balaban J connectivity index is 0.000000136. The van der Waals surface area contributed by atoms with Gasteiger partial charge in [-0.2, -0.15) is 0 Å². The van der Waals surface area contributed by atoms with Gasteiger partial charge in [0.1, 0.15) is 3.14 Å². The van der Waals surface area contributed by atoms with E-state index in [4.69, 9.17) is 23.8 Å². The maximum atomic E-state index is 5.54. The molecule has 86 valence electrons. The Morgan fingerprint density at radius 1 is 0.765 bits per heavy atom. The molecule has 4 heteroatoms. The molecular formula is C13H9ClS3. The largest absolute Gasteiger partial charge is 0.144 e. The van der Waals surface area contributed by atoms with E-state index in [1.54, 1.807) is 22.7 Å². The second-order valence-electron chi connectivity index (χ2n) is 3.20. The summed E-state index contributed by atoms with van der Waals surface area (Å²) < 4.78 is 3.62. The predicted octanol–water partition coefficient (Wildman–Crippen LogP) is 6.03. The molecule has 0 unspecified atom stereocenters. The third-order valence-electron chi connectivity index (χ3n) is 1.97. The van der Waals surface area contributed by atoms with Crippen LogP contribution < -0.4 is 0 Å². The molecule has 0 radical (unpaired) electrons. The molecule has 0 fully saturated rings. The molecule has 0 saturated carbocycles. The van der Waals surface area contributed by atoms with Gasteiger partial charge in [-0.15, -0.1) is 22.7 Å². The number of fused-ring (bicyclic) bond motifs is 1. The summed E-state index contributed by atoms with van der Waals surface area (Å²) in [4.78, 5) is 0. The van der Waals surface area contributed by atoms with Gasteiger partial charge in [0.2, 0.25) is 0 Å². The first-order valence-electron chi connectivity index (χ1n) is 4.95. The van der Waals surface area contributed by atoms with Gasteiger partial charge in [0, 0.05) is 14.4 Å². The van der Waals surface area contributed by atoms with Crippen LogP contribution in [-0.2, 0) is 0 Å². The molecule has 1 heterocycles. The van der Waals surface area contributed by atoms with E-state index in [2.05, 4.69) is 12.1 Å². The summed E-state index contributed by atoms with van der Waals surface area (Å²) in [6.45, 7) is 0. The zero-order chi connectivity index (χ0) is 12.1. The van der Waals surface area contributed by atoms with Crippen molar-refractivity contribution in [2.75, 3.05) is 0 Å². The Kier molecular flexibility index (Phi) is 4.68. The van der Waals surface area contributed by atoms with E-state index in [0.29, 0.717) is 0 Å². The van der Waals surface area contributed by atoms with Gasteiger partial charge in [0.25, 0.3) is 0 Å². The average Bonchev–Trinajstić information content (AvgIpc) is 2.71. The van der Waals surface area contributed by atoms with E-state index < -0.39 is 0 Å². The molecule has 1 aromatic heterocycles. The molecule has 17 heavy (non-hydrogen) atoms. The first kappa shape index (κ1) is 12.7. The van der Waals surface area contributed by atoms with E-state index in [-0.39, 0.29) is 0 Å². The fourth-order valence-corrected chi connectivity index (χ4v) is 3.86. The van der Waals surface area contributed by atoms with E-state index in [1.165, 1.54) is 9.40 Å². The summed E-state index contributed by atoms with van der Waals surface area (Å²) in [5.41, 5.74) is 0. The molecule has 2 aromatic carbocycles. The highest BCUT2D eigenvalue weighted by molar-refractivity contribution is 7.77. The lowest BCUT2D eigenvalue weighted by Gasteiger charge is -1.80. The van der Waals surface area contributed by atoms with E-state index in [9.17, 15) is 0 Å². The van der Waals surface area contributed by atoms with Gasteiger partial charge in [0.05, 0.1) is 0 Å². The highest BCUT2D eigenvalue weighted by atomic mass is 35.5. The standard InChI is InChI=1S/C7H4S3.C6H5Cl/c8-7-9-5-3-1-2-4-6(5)10-7;7-6-4-2-1-3-5-6/h1-4H;1-5H. The van der Waals surface area contributed by atoms with Crippen molar-refractivity contribution in [1.29, 1.82) is 0 Å². The quantitative estimate of drug-likeness (QED) is 0.456. The molecular weight excluding hydrogens is 288 g/mol. The van der Waals surface area contributed by atoms with E-state index >= 15 is 0 Å². The summed E-state index contributed by atoms with van der Waals surface area (Å²) in [7, 11) is 0. The number of hydrogen-bond donors (Lipinski definition) is 0. The molecule has 3 aromatic rings. The molecule has 3 rings (SSSR count). The maximum absolute atomic E-state index is 5.54. The van der Waals surface area contributed by atoms with E-state index in [1.807, 2.05) is 42.5 Å². The molecule has 0 amide bonds. The van der Waals surface area contributed by atoms with Gasteiger partial charge in [-0.25, -0.2) is 0 Å². The van der Waals surface area contributed by atoms with Crippen molar-refractivity contribution in [3.05, 3.63) is 62.8 Å². The number of halogens is 1. The normalized spacial score (nSPS) is 9.71. The zero-order valence-corrected chi connectivity index (χ0v) is 12.0. The minimum atomic E-state index is 0.794. The van der Waals surface area contributed by atoms with E-state index in [0.717, 1.165) is 8.16 Å². The van der Waals surface area contributed by atoms with Crippen LogP contribution in [0.5, 0.6) is 0 Å². The molecule has 0 aliphatic heterocycles. The average molecular weight is 297 g/mol. The number of hydrogen-bond acceptors (Lipinski definition) is 3. The van der Waals surface area contributed by atoms with Crippen molar-refractivity contribution in [3.63, 3.8) is 0 Å². The lowest BCUT2D eigenvalue weighted by molar-refractivity contribution is 1.71. The van der Waals surface area contributed by atoms with Crippen LogP contribution in [0.1, 0.15) is 0 Å². The Morgan fingerprint density at radius 2 is 1.24 bits per heavy atom. The molecule has 0 N–H and O–H groups in total. The van der Waals surface area contributed by atoms with Gasteiger partial charge in [-0.1, -0.05) is 54.2 Å². The lowest BCUT2D eigenvalue weighted by atomic mass is 10.4. The summed E-state index contributed by atoms with van der Waals surface area (Å²) in [5.74, 6) is 0. The predicted molar refractivity (Wildman–Crippen MR) is 82.0 cm³/mol. The van der Waals surface area contributed by atoms with Crippen LogP contribution in [0.4, 0.5) is 0 Å². The summed E-state index contributed by atoms with van der Waals surface area (Å²) in [6.07, 6.45) is 0. The van der Waals surface area contributed by atoms with Crippen LogP contribution in [0.2, 0.25) is 5.02 Å². The van der Waals surface area contributed by atoms with Gasteiger partial charge < -0.3 is 0 Å². The molecule has 0 saturated heterocycles. The second-order valence-corrected chi connectivity index (χ2v) is 6.92. The molecule has 0 aliphatic rings. The monoisotopic (exact) mass is 296 g/mol. The molecule has 0 nitrogen and oxygen atoms in total. The Bertz CT molecular complexity index is 604. The van der Waals surface area contributed by atoms with Crippen LogP contribution in [-0.4, -0.2) is 0 Å². The van der Waals surface area contributed by atoms with Crippen LogP contribution in [0.3, 0.4) is 0 Å². The zero-order valence-electron chi connectivity index (χ0n) is 8.80. The topological polar surface area (TPSA) is 0 Å². The summed E-state index contributed by atoms with van der Waals surface area (Å²) >= 11 is 14.0. The Hall–Kier alpha value is -0.740. The van der Waals surface area contributed by atoms with Crippen molar-refractivity contribution >= 4 is 55.9 Å². The summed E-state index contributed by atoms with van der Waals surface area (Å²) in [5, 5.41) is 0.794. The van der Waals surface area contributed by atoms with Crippen LogP contribution in [0.25, 0.3) is 9.40 Å². The third-order valence-corrected chi connectivity index (χ3v) is 4.84. The van der Waals surface area contributed by atoms with Crippen molar-refractivity contribution in [2.45, 2.75) is 0 Å². The van der Waals surface area contributed by atoms with Gasteiger partial charge in [0.15, 0.2) is 0 Å². The van der Waals surface area contributed by atoms with Crippen molar-refractivity contribution < 1.29 is 0 Å². The second kappa shape index (κ2) is 6.26. The van der Waals surface area contributed by atoms with Crippen molar-refractivity contribution in [2.24, 2.45) is 0 Å². The molecule has 0 bridgehead atoms. The number of rotatable bonds is 0.